The first-order valence-electron chi connectivity index (χ1n) is 11.3. The van der Waals surface area contributed by atoms with E-state index in [4.69, 9.17) is 0 Å². The molecule has 0 radical (unpaired) electrons. The van der Waals surface area contributed by atoms with Crippen molar-refractivity contribution >= 4 is 0 Å². The average Bonchev–Trinajstić information content (AvgIpc) is 2.76. The van der Waals surface area contributed by atoms with Crippen LogP contribution in [0.2, 0.25) is 0 Å². The van der Waals surface area contributed by atoms with Crippen LogP contribution in [0.5, 0.6) is 0 Å². The predicted molar refractivity (Wildman–Crippen MR) is 127 cm³/mol. The first-order valence-corrected chi connectivity index (χ1v) is 11.3. The molecule has 0 aromatic heterocycles. The van der Waals surface area contributed by atoms with Gasteiger partial charge < -0.3 is 0 Å². The van der Waals surface area contributed by atoms with Crippen molar-refractivity contribution in [2.24, 2.45) is 0 Å². The highest BCUT2D eigenvalue weighted by Gasteiger charge is 2.02. The molecular formula is C27H46. The lowest BCUT2D eigenvalue weighted by Gasteiger charge is -2.10. The Kier molecular flexibility index (Phi) is 21.3. The van der Waals surface area contributed by atoms with Crippen LogP contribution in [0.4, 0.5) is 0 Å². The molecule has 0 spiro atoms. The lowest BCUT2D eigenvalue weighted by Crippen LogP contribution is -1.92. The van der Waals surface area contributed by atoms with Crippen molar-refractivity contribution < 1.29 is 0 Å². The van der Waals surface area contributed by atoms with E-state index in [0.29, 0.717) is 0 Å². The largest absolute Gasteiger partial charge is 0.0683 e. The van der Waals surface area contributed by atoms with E-state index < -0.39 is 0 Å². The normalized spacial score (nSPS) is 11.4. The molecule has 0 aliphatic rings. The summed E-state index contributed by atoms with van der Waals surface area (Å²) in [5.41, 5.74) is 2.94. The number of unbranched alkanes of at least 4 members (excludes halogenated alkanes) is 1. The quantitative estimate of drug-likeness (QED) is 0.455. The van der Waals surface area contributed by atoms with Gasteiger partial charge in [0, 0.05) is 0 Å². The molecule has 154 valence electrons. The summed E-state index contributed by atoms with van der Waals surface area (Å²) in [5, 5.41) is 0. The van der Waals surface area contributed by atoms with Crippen molar-refractivity contribution in [3.8, 4) is 0 Å². The summed E-state index contributed by atoms with van der Waals surface area (Å²) in [7, 11) is 0. The molecular weight excluding hydrogens is 324 g/mol. The van der Waals surface area contributed by atoms with E-state index in [9.17, 15) is 0 Å². The first kappa shape index (κ1) is 27.7. The summed E-state index contributed by atoms with van der Waals surface area (Å²) in [5.74, 6) is 1.45. The Morgan fingerprint density at radius 3 is 1.26 bits per heavy atom. The van der Waals surface area contributed by atoms with Crippen LogP contribution in [0.25, 0.3) is 0 Å². The van der Waals surface area contributed by atoms with E-state index in [1.165, 1.54) is 43.2 Å². The van der Waals surface area contributed by atoms with Gasteiger partial charge in [0.1, 0.15) is 0 Å². The minimum atomic E-state index is 0.723. The second-order valence-corrected chi connectivity index (χ2v) is 6.55. The molecule has 0 nitrogen and oxygen atoms in total. The highest BCUT2D eigenvalue weighted by Crippen LogP contribution is 2.20. The molecule has 2 unspecified atom stereocenters. The molecule has 0 bridgehead atoms. The van der Waals surface area contributed by atoms with E-state index in [0.717, 1.165) is 11.8 Å². The van der Waals surface area contributed by atoms with Gasteiger partial charge in [-0.05, 0) is 35.8 Å². The molecule has 0 aliphatic carbocycles. The second-order valence-electron chi connectivity index (χ2n) is 6.55. The third-order valence-corrected chi connectivity index (χ3v) is 4.45. The van der Waals surface area contributed by atoms with E-state index in [-0.39, 0.29) is 0 Å². The van der Waals surface area contributed by atoms with Crippen LogP contribution in [0.1, 0.15) is 110 Å². The molecule has 0 N–H and O–H groups in total. The molecule has 0 heterocycles. The zero-order valence-electron chi connectivity index (χ0n) is 19.5. The highest BCUT2D eigenvalue weighted by atomic mass is 14.1. The molecule has 0 fully saturated rings. The Labute approximate surface area is 171 Å². The van der Waals surface area contributed by atoms with Gasteiger partial charge in [-0.3, -0.25) is 0 Å². The highest BCUT2D eigenvalue weighted by molar-refractivity contribution is 5.19. The topological polar surface area (TPSA) is 0 Å². The molecule has 2 rings (SSSR count). The Balaban J connectivity index is 0. The maximum Gasteiger partial charge on any atom is -0.0190 e. The number of rotatable bonds is 7. The summed E-state index contributed by atoms with van der Waals surface area (Å²) in [6.07, 6.45) is 6.54. The molecule has 0 amide bonds. The standard InChI is InChI=1S/C12H18.C11H16.2C2H6/c1-3-4-8-11(2)12-9-6-5-7-10-12;1-3-7-10(2)11-8-5-4-6-9-11;2*1-2/h5-7,9-11H,3-4,8H2,1-2H3;4-6,8-10H,3,7H2,1-2H3;2*1-2H3. The number of hydrogen-bond donors (Lipinski definition) is 0. The summed E-state index contributed by atoms with van der Waals surface area (Å²) in [4.78, 5) is 0. The number of benzene rings is 2. The summed E-state index contributed by atoms with van der Waals surface area (Å²) in [6, 6.07) is 21.5. The number of hydrogen-bond acceptors (Lipinski definition) is 0. The van der Waals surface area contributed by atoms with Crippen LogP contribution in [-0.2, 0) is 0 Å². The minimum absolute atomic E-state index is 0.723. The van der Waals surface area contributed by atoms with Crippen molar-refractivity contribution in [2.45, 2.75) is 99.3 Å². The van der Waals surface area contributed by atoms with Gasteiger partial charge >= 0.3 is 0 Å². The van der Waals surface area contributed by atoms with Crippen LogP contribution >= 0.6 is 0 Å². The third-order valence-electron chi connectivity index (χ3n) is 4.45. The zero-order chi connectivity index (χ0) is 20.9. The fraction of sp³-hybridized carbons (Fsp3) is 0.556. The van der Waals surface area contributed by atoms with Crippen molar-refractivity contribution in [2.75, 3.05) is 0 Å². The molecule has 27 heavy (non-hydrogen) atoms. The van der Waals surface area contributed by atoms with Crippen LogP contribution in [0.3, 0.4) is 0 Å². The summed E-state index contributed by atoms with van der Waals surface area (Å²) >= 11 is 0. The van der Waals surface area contributed by atoms with Gasteiger partial charge in [-0.25, -0.2) is 0 Å². The van der Waals surface area contributed by atoms with Gasteiger partial charge in [-0.1, -0.05) is 135 Å². The van der Waals surface area contributed by atoms with Crippen molar-refractivity contribution in [1.82, 2.24) is 0 Å². The van der Waals surface area contributed by atoms with Gasteiger partial charge in [0.25, 0.3) is 0 Å². The fourth-order valence-corrected chi connectivity index (χ4v) is 2.84. The monoisotopic (exact) mass is 370 g/mol. The predicted octanol–water partition coefficient (Wildman–Crippen LogP) is 9.62. The lowest BCUT2D eigenvalue weighted by atomic mass is 9.96. The van der Waals surface area contributed by atoms with Gasteiger partial charge in [0.15, 0.2) is 0 Å². The minimum Gasteiger partial charge on any atom is -0.0683 e. The molecule has 2 aromatic carbocycles. The van der Waals surface area contributed by atoms with Crippen LogP contribution in [-0.4, -0.2) is 0 Å². The Morgan fingerprint density at radius 1 is 0.556 bits per heavy atom. The Bertz CT molecular complexity index is 486. The molecule has 2 aromatic rings. The van der Waals surface area contributed by atoms with E-state index in [1.807, 2.05) is 27.7 Å². The lowest BCUT2D eigenvalue weighted by molar-refractivity contribution is 0.624. The van der Waals surface area contributed by atoms with E-state index in [2.05, 4.69) is 88.4 Å². The average molecular weight is 371 g/mol. The molecule has 2 atom stereocenters. The van der Waals surface area contributed by atoms with Crippen molar-refractivity contribution in [3.63, 3.8) is 0 Å². The SMILES string of the molecule is CC.CC.CCCC(C)c1ccccc1.CCCCC(C)c1ccccc1. The molecule has 0 saturated heterocycles. The van der Waals surface area contributed by atoms with Gasteiger partial charge in [0.05, 0.1) is 0 Å². The molecule has 0 saturated carbocycles. The fourth-order valence-electron chi connectivity index (χ4n) is 2.84. The molecule has 0 heteroatoms. The summed E-state index contributed by atoms with van der Waals surface area (Å²) in [6.45, 7) is 17.1. The van der Waals surface area contributed by atoms with Crippen molar-refractivity contribution in [3.05, 3.63) is 71.8 Å². The van der Waals surface area contributed by atoms with Crippen LogP contribution in [0.15, 0.2) is 60.7 Å². The Morgan fingerprint density at radius 2 is 0.926 bits per heavy atom. The van der Waals surface area contributed by atoms with Crippen molar-refractivity contribution in [1.29, 1.82) is 0 Å². The first-order chi connectivity index (χ1) is 13.2. The van der Waals surface area contributed by atoms with E-state index >= 15 is 0 Å². The maximum absolute atomic E-state index is 2.31. The zero-order valence-corrected chi connectivity index (χ0v) is 19.5. The third kappa shape index (κ3) is 14.2. The summed E-state index contributed by atoms with van der Waals surface area (Å²) < 4.78 is 0. The maximum atomic E-state index is 2.31. The van der Waals surface area contributed by atoms with Crippen LogP contribution in [0, 0.1) is 0 Å². The van der Waals surface area contributed by atoms with E-state index in [1.54, 1.807) is 0 Å². The van der Waals surface area contributed by atoms with Gasteiger partial charge in [0.2, 0.25) is 0 Å². The Hall–Kier alpha value is -1.56. The molecule has 0 aliphatic heterocycles. The van der Waals surface area contributed by atoms with Gasteiger partial charge in [-0.2, -0.15) is 0 Å². The van der Waals surface area contributed by atoms with Crippen LogP contribution < -0.4 is 0 Å². The van der Waals surface area contributed by atoms with Gasteiger partial charge in [-0.15, -0.1) is 0 Å². The smallest absolute Gasteiger partial charge is 0.0190 e. The second kappa shape index (κ2) is 20.7.